The van der Waals surface area contributed by atoms with Crippen LogP contribution >= 0.6 is 0 Å². The van der Waals surface area contributed by atoms with Crippen LogP contribution in [0.15, 0.2) is 46.7 Å². The van der Waals surface area contributed by atoms with E-state index in [1.54, 1.807) is 0 Å². The number of carbonyl (C=O) groups excluding carboxylic acids is 2. The summed E-state index contributed by atoms with van der Waals surface area (Å²) in [6.45, 7) is 0.120. The van der Waals surface area contributed by atoms with E-state index in [-0.39, 0.29) is 12.0 Å². The lowest BCUT2D eigenvalue weighted by Crippen LogP contribution is -2.24. The van der Waals surface area contributed by atoms with Gasteiger partial charge in [-0.15, -0.1) is 0 Å². The first-order chi connectivity index (χ1) is 10.7. The van der Waals surface area contributed by atoms with Crippen molar-refractivity contribution in [3.05, 3.63) is 68.7 Å². The van der Waals surface area contributed by atoms with Gasteiger partial charge in [-0.05, 0) is 5.53 Å². The first kappa shape index (κ1) is 14.9. The van der Waals surface area contributed by atoms with Crippen LogP contribution in [0, 0.1) is 0 Å². The lowest BCUT2D eigenvalue weighted by molar-refractivity contribution is -0.132. The molecule has 0 saturated heterocycles. The smallest absolute Gasteiger partial charge is 0.294 e. The number of ketones is 1. The van der Waals surface area contributed by atoms with Crippen molar-refractivity contribution in [3.8, 4) is 0 Å². The number of benzene rings is 1. The number of carbonyl (C=O) groups is 2. The van der Waals surface area contributed by atoms with Crippen molar-refractivity contribution in [3.63, 3.8) is 0 Å². The molecule has 1 N–H and O–H groups in total. The van der Waals surface area contributed by atoms with E-state index < -0.39 is 17.4 Å². The van der Waals surface area contributed by atoms with E-state index in [0.717, 1.165) is 12.5 Å². The maximum absolute atomic E-state index is 12.3. The lowest BCUT2D eigenvalue weighted by atomic mass is 10.0. The minimum atomic E-state index is -1.29. The fraction of sp³-hybridized carbons (Fsp3) is 0.0769. The Morgan fingerprint density at radius 2 is 2.14 bits per heavy atom. The van der Waals surface area contributed by atoms with Crippen LogP contribution < -0.4 is 5.56 Å². The molecule has 0 aliphatic heterocycles. The number of azide groups is 1. The Bertz CT molecular complexity index is 793. The third kappa shape index (κ3) is 3.17. The van der Waals surface area contributed by atoms with Crippen LogP contribution in [-0.4, -0.2) is 22.2 Å². The van der Waals surface area contributed by atoms with Gasteiger partial charge >= 0.3 is 0 Å². The Labute approximate surface area is 123 Å². The number of nitrogens with one attached hydrogen (secondary N) is 1. The van der Waals surface area contributed by atoms with Crippen molar-refractivity contribution < 1.29 is 14.3 Å². The summed E-state index contributed by atoms with van der Waals surface area (Å²) in [6.07, 6.45) is 0.947. The SMILES string of the molecule is [N-]=[N+]=Nc1ccc(C(OC=O)C(=O)c2cnc[nH]c2=O)cc1. The number of ether oxygens (including phenoxy) is 1. The van der Waals surface area contributed by atoms with Crippen LogP contribution in [0.4, 0.5) is 5.69 Å². The molecule has 1 heterocycles. The molecule has 0 aliphatic carbocycles. The molecule has 0 amide bonds. The quantitative estimate of drug-likeness (QED) is 0.285. The molecular formula is C13H9N5O4. The predicted octanol–water partition coefficient (Wildman–Crippen LogP) is 1.81. The molecule has 9 nitrogen and oxygen atoms in total. The first-order valence-electron chi connectivity index (χ1n) is 5.98. The molecule has 1 aromatic carbocycles. The van der Waals surface area contributed by atoms with Crippen molar-refractivity contribution >= 4 is 17.9 Å². The number of H-pyrrole nitrogens is 1. The molecule has 22 heavy (non-hydrogen) atoms. The minimum Gasteiger partial charge on any atom is -0.451 e. The van der Waals surface area contributed by atoms with Gasteiger partial charge in [0.25, 0.3) is 12.0 Å². The molecule has 110 valence electrons. The second kappa shape index (κ2) is 6.82. The zero-order valence-electron chi connectivity index (χ0n) is 11.0. The number of hydrogen-bond acceptors (Lipinski definition) is 6. The van der Waals surface area contributed by atoms with E-state index in [9.17, 15) is 14.4 Å². The molecule has 1 aromatic heterocycles. The van der Waals surface area contributed by atoms with Gasteiger partial charge < -0.3 is 9.72 Å². The van der Waals surface area contributed by atoms with Crippen LogP contribution in [-0.2, 0) is 9.53 Å². The van der Waals surface area contributed by atoms with Crippen molar-refractivity contribution in [1.29, 1.82) is 0 Å². The van der Waals surface area contributed by atoms with Gasteiger partial charge in [-0.3, -0.25) is 14.4 Å². The summed E-state index contributed by atoms with van der Waals surface area (Å²) in [5, 5.41) is 3.39. The Kier molecular flexibility index (Phi) is 4.63. The predicted molar refractivity (Wildman–Crippen MR) is 74.3 cm³/mol. The summed E-state index contributed by atoms with van der Waals surface area (Å²) in [6, 6.07) is 5.83. The van der Waals surface area contributed by atoms with Gasteiger partial charge in [0, 0.05) is 22.4 Å². The highest BCUT2D eigenvalue weighted by Crippen LogP contribution is 2.23. The van der Waals surface area contributed by atoms with Gasteiger partial charge in [0.15, 0.2) is 6.10 Å². The van der Waals surface area contributed by atoms with Gasteiger partial charge in [-0.1, -0.05) is 29.4 Å². The summed E-state index contributed by atoms with van der Waals surface area (Å²) < 4.78 is 4.78. The van der Waals surface area contributed by atoms with Crippen molar-refractivity contribution in [2.24, 2.45) is 5.11 Å². The molecule has 9 heteroatoms. The largest absolute Gasteiger partial charge is 0.451 e. The highest BCUT2D eigenvalue weighted by molar-refractivity contribution is 5.99. The number of Topliss-reactive ketones (excluding diaryl/α,β-unsaturated/α-hetero) is 1. The standard InChI is InChI=1S/C13H9N5O4/c14-18-17-9-3-1-8(2-4-9)12(22-7-19)11(20)10-5-15-6-16-13(10)21/h1-7,12H,(H,15,16,21). The van der Waals surface area contributed by atoms with E-state index in [2.05, 4.69) is 20.0 Å². The van der Waals surface area contributed by atoms with E-state index in [4.69, 9.17) is 10.3 Å². The summed E-state index contributed by atoms with van der Waals surface area (Å²) in [4.78, 5) is 43.2. The monoisotopic (exact) mass is 299 g/mol. The average Bonchev–Trinajstić information content (AvgIpc) is 2.54. The Morgan fingerprint density at radius 3 is 2.73 bits per heavy atom. The normalized spacial score (nSPS) is 11.1. The van der Waals surface area contributed by atoms with Gasteiger partial charge in [0.1, 0.15) is 5.56 Å². The molecule has 0 radical (unpaired) electrons. The van der Waals surface area contributed by atoms with Crippen LogP contribution in [0.25, 0.3) is 10.4 Å². The summed E-state index contributed by atoms with van der Waals surface area (Å²) in [7, 11) is 0. The number of rotatable bonds is 6. The fourth-order valence-corrected chi connectivity index (χ4v) is 1.78. The van der Waals surface area contributed by atoms with Crippen LogP contribution in [0.5, 0.6) is 0 Å². The Hall–Kier alpha value is -3.45. The van der Waals surface area contributed by atoms with E-state index in [0.29, 0.717) is 11.3 Å². The summed E-state index contributed by atoms with van der Waals surface area (Å²) in [5.41, 5.74) is 8.14. The van der Waals surface area contributed by atoms with E-state index >= 15 is 0 Å². The lowest BCUT2D eigenvalue weighted by Gasteiger charge is -2.14. The zero-order chi connectivity index (χ0) is 15.9. The molecule has 2 rings (SSSR count). The third-order valence-electron chi connectivity index (χ3n) is 2.77. The molecule has 1 atom stereocenters. The maximum atomic E-state index is 12.3. The van der Waals surface area contributed by atoms with Gasteiger partial charge in [-0.2, -0.15) is 0 Å². The molecule has 0 bridgehead atoms. The maximum Gasteiger partial charge on any atom is 0.294 e. The van der Waals surface area contributed by atoms with E-state index in [1.165, 1.54) is 24.3 Å². The minimum absolute atomic E-state index is 0.120. The van der Waals surface area contributed by atoms with Crippen molar-refractivity contribution in [2.75, 3.05) is 0 Å². The second-order valence-corrected chi connectivity index (χ2v) is 4.05. The molecule has 0 aliphatic rings. The topological polar surface area (TPSA) is 138 Å². The van der Waals surface area contributed by atoms with Crippen molar-refractivity contribution in [2.45, 2.75) is 6.10 Å². The first-order valence-corrected chi connectivity index (χ1v) is 5.98. The van der Waals surface area contributed by atoms with Crippen LogP contribution in [0.3, 0.4) is 0 Å². The number of aromatic nitrogens is 2. The number of nitrogens with zero attached hydrogens (tertiary/aromatic N) is 4. The molecule has 0 saturated carbocycles. The molecule has 2 aromatic rings. The molecule has 1 unspecified atom stereocenters. The van der Waals surface area contributed by atoms with Crippen LogP contribution in [0.1, 0.15) is 22.0 Å². The molecule has 0 fully saturated rings. The highest BCUT2D eigenvalue weighted by atomic mass is 16.5. The average molecular weight is 299 g/mol. The van der Waals surface area contributed by atoms with Crippen LogP contribution in [0.2, 0.25) is 0 Å². The third-order valence-corrected chi connectivity index (χ3v) is 2.77. The number of hydrogen-bond donors (Lipinski definition) is 1. The highest BCUT2D eigenvalue weighted by Gasteiger charge is 2.25. The van der Waals surface area contributed by atoms with Gasteiger partial charge in [-0.25, -0.2) is 4.98 Å². The van der Waals surface area contributed by atoms with Crippen molar-refractivity contribution in [1.82, 2.24) is 9.97 Å². The Morgan fingerprint density at radius 1 is 1.41 bits per heavy atom. The molecule has 0 spiro atoms. The van der Waals surface area contributed by atoms with Gasteiger partial charge in [0.05, 0.1) is 6.33 Å². The van der Waals surface area contributed by atoms with Gasteiger partial charge in [0.2, 0.25) is 5.78 Å². The fourth-order valence-electron chi connectivity index (χ4n) is 1.78. The Balaban J connectivity index is 2.39. The van der Waals surface area contributed by atoms with E-state index in [1.807, 2.05) is 0 Å². The molecular weight excluding hydrogens is 290 g/mol. The zero-order valence-corrected chi connectivity index (χ0v) is 11.0. The summed E-state index contributed by atoms with van der Waals surface area (Å²) >= 11 is 0. The second-order valence-electron chi connectivity index (χ2n) is 4.05. The number of aromatic amines is 1. The summed E-state index contributed by atoms with van der Waals surface area (Å²) in [5.74, 6) is -0.710.